The van der Waals surface area contributed by atoms with Gasteiger partial charge in [-0.15, -0.1) is 0 Å². The van der Waals surface area contributed by atoms with E-state index in [4.69, 9.17) is 0 Å². The molecule has 1 aliphatic heterocycles. The third kappa shape index (κ3) is 30.9. The highest BCUT2D eigenvalue weighted by atomic mass is 15.3. The summed E-state index contributed by atoms with van der Waals surface area (Å²) >= 11 is 0. The first-order chi connectivity index (χ1) is 24.7. The molecule has 0 aromatic carbocycles. The molecule has 2 unspecified atom stereocenters. The number of rotatable bonds is 38. The molecular weight excluding hydrogens is 609 g/mol. The second-order valence-electron chi connectivity index (χ2n) is 15.8. The zero-order valence-electron chi connectivity index (χ0n) is 34.8. The Kier molecular flexibility index (Phi) is 36.0. The Morgan fingerprint density at radius 2 is 0.720 bits per heavy atom. The number of hydrogen-bond donors (Lipinski definition) is 2. The van der Waals surface area contributed by atoms with E-state index in [1.165, 1.54) is 232 Å². The summed E-state index contributed by atoms with van der Waals surface area (Å²) < 4.78 is 0. The van der Waals surface area contributed by atoms with Crippen LogP contribution in [0.5, 0.6) is 0 Å². The molecule has 0 bridgehead atoms. The highest BCUT2D eigenvalue weighted by Gasteiger charge is 2.16. The van der Waals surface area contributed by atoms with Gasteiger partial charge in [-0.25, -0.2) is 0 Å². The van der Waals surface area contributed by atoms with E-state index in [0.717, 1.165) is 0 Å². The summed E-state index contributed by atoms with van der Waals surface area (Å²) in [6.45, 7) is 19.2. The normalized spacial score (nSPS) is 15.9. The van der Waals surface area contributed by atoms with Crippen molar-refractivity contribution in [2.24, 2.45) is 0 Å². The minimum Gasteiger partial charge on any atom is -0.314 e. The quantitative estimate of drug-likeness (QED) is 0.0496. The topological polar surface area (TPSA) is 30.5 Å². The lowest BCUT2D eigenvalue weighted by Crippen LogP contribution is -2.47. The van der Waals surface area contributed by atoms with Gasteiger partial charge in [-0.05, 0) is 116 Å². The molecule has 1 rings (SSSR count). The van der Waals surface area contributed by atoms with Crippen molar-refractivity contribution in [2.45, 2.75) is 220 Å². The maximum atomic E-state index is 3.88. The van der Waals surface area contributed by atoms with Crippen molar-refractivity contribution >= 4 is 0 Å². The van der Waals surface area contributed by atoms with E-state index in [1.807, 2.05) is 0 Å². The minimum atomic E-state index is 0.711. The maximum Gasteiger partial charge on any atom is 0.0110 e. The molecule has 4 nitrogen and oxygen atoms in total. The molecule has 296 valence electrons. The molecule has 2 N–H and O–H groups in total. The molecule has 1 aliphatic rings. The fraction of sp³-hybridized carbons (Fsp3) is 0.913. The van der Waals surface area contributed by atoms with Crippen molar-refractivity contribution in [3.63, 3.8) is 0 Å². The van der Waals surface area contributed by atoms with E-state index >= 15 is 0 Å². The Labute approximate surface area is 315 Å². The predicted octanol–water partition coefficient (Wildman–Crippen LogP) is 12.6. The molecule has 4 heteroatoms. The van der Waals surface area contributed by atoms with Gasteiger partial charge < -0.3 is 20.4 Å². The van der Waals surface area contributed by atoms with Crippen LogP contribution in [-0.2, 0) is 0 Å². The summed E-state index contributed by atoms with van der Waals surface area (Å²) in [5, 5.41) is 7.77. The lowest BCUT2D eigenvalue weighted by Gasteiger charge is -2.35. The molecular formula is C46H92N4. The Morgan fingerprint density at radius 3 is 1.06 bits per heavy atom. The summed E-state index contributed by atoms with van der Waals surface area (Å²) in [5.74, 6) is 0. The first kappa shape index (κ1) is 47.3. The predicted molar refractivity (Wildman–Crippen MR) is 227 cm³/mol. The molecule has 50 heavy (non-hydrogen) atoms. The van der Waals surface area contributed by atoms with Crippen molar-refractivity contribution in [3.8, 4) is 0 Å². The zero-order valence-corrected chi connectivity index (χ0v) is 34.8. The fourth-order valence-electron chi connectivity index (χ4n) is 7.57. The highest BCUT2D eigenvalue weighted by Crippen LogP contribution is 2.13. The number of unbranched alkanes of at least 4 members (excludes halogenated alkanes) is 18. The number of nitrogens with zero attached hydrogens (tertiary/aromatic N) is 2. The van der Waals surface area contributed by atoms with Crippen LogP contribution in [0.1, 0.15) is 207 Å². The van der Waals surface area contributed by atoms with Gasteiger partial charge in [-0.3, -0.25) is 0 Å². The van der Waals surface area contributed by atoms with Crippen LogP contribution in [0.25, 0.3) is 0 Å². The zero-order chi connectivity index (χ0) is 36.0. The summed E-state index contributed by atoms with van der Waals surface area (Å²) in [5.41, 5.74) is 0. The highest BCUT2D eigenvalue weighted by molar-refractivity contribution is 4.82. The van der Waals surface area contributed by atoms with Gasteiger partial charge in [-0.2, -0.15) is 0 Å². The van der Waals surface area contributed by atoms with Gasteiger partial charge in [0.25, 0.3) is 0 Å². The number of allylic oxidation sites excluding steroid dienone is 4. The van der Waals surface area contributed by atoms with Gasteiger partial charge >= 0.3 is 0 Å². The largest absolute Gasteiger partial charge is 0.314 e. The Balaban J connectivity index is 1.93. The molecule has 0 saturated carbocycles. The van der Waals surface area contributed by atoms with E-state index in [9.17, 15) is 0 Å². The number of nitrogens with one attached hydrogen (secondary N) is 2. The number of piperazine rings is 1. The van der Waals surface area contributed by atoms with Crippen LogP contribution in [0, 0.1) is 0 Å². The van der Waals surface area contributed by atoms with Gasteiger partial charge in [-0.1, -0.05) is 142 Å². The van der Waals surface area contributed by atoms with Crippen LogP contribution < -0.4 is 10.6 Å². The SMILES string of the molecule is CCCCCCCCC=CCCCCCC(CC)NCCCN1CCN(CCCNC(CC)CCCCCC=CCCCCCCCC)CC1. The van der Waals surface area contributed by atoms with E-state index in [2.05, 4.69) is 72.4 Å². The summed E-state index contributed by atoms with van der Waals surface area (Å²) in [4.78, 5) is 5.41. The van der Waals surface area contributed by atoms with E-state index in [1.54, 1.807) is 0 Å². The Bertz CT molecular complexity index is 653. The van der Waals surface area contributed by atoms with E-state index < -0.39 is 0 Å². The average Bonchev–Trinajstić information content (AvgIpc) is 3.14. The van der Waals surface area contributed by atoms with Crippen LogP contribution in [0.3, 0.4) is 0 Å². The first-order valence-corrected chi connectivity index (χ1v) is 22.9. The second kappa shape index (κ2) is 38.1. The van der Waals surface area contributed by atoms with Crippen molar-refractivity contribution in [1.29, 1.82) is 0 Å². The van der Waals surface area contributed by atoms with Crippen LogP contribution in [0.4, 0.5) is 0 Å². The molecule has 1 fully saturated rings. The van der Waals surface area contributed by atoms with Gasteiger partial charge in [0.05, 0.1) is 0 Å². The van der Waals surface area contributed by atoms with Gasteiger partial charge in [0, 0.05) is 38.3 Å². The molecule has 0 aromatic heterocycles. The van der Waals surface area contributed by atoms with Crippen molar-refractivity contribution in [2.75, 3.05) is 52.4 Å². The third-order valence-corrected chi connectivity index (χ3v) is 11.2. The van der Waals surface area contributed by atoms with E-state index in [0.29, 0.717) is 12.1 Å². The van der Waals surface area contributed by atoms with Gasteiger partial charge in [0.1, 0.15) is 0 Å². The molecule has 0 spiro atoms. The summed E-state index contributed by atoms with van der Waals surface area (Å²) in [6.07, 6.45) is 47.9. The molecule has 1 saturated heterocycles. The molecule has 0 radical (unpaired) electrons. The Hall–Kier alpha value is -0.680. The van der Waals surface area contributed by atoms with Crippen LogP contribution in [-0.4, -0.2) is 74.2 Å². The van der Waals surface area contributed by atoms with E-state index in [-0.39, 0.29) is 0 Å². The van der Waals surface area contributed by atoms with Crippen molar-refractivity contribution in [1.82, 2.24) is 20.4 Å². The molecule has 2 atom stereocenters. The second-order valence-corrected chi connectivity index (χ2v) is 15.8. The Morgan fingerprint density at radius 1 is 0.400 bits per heavy atom. The molecule has 0 aromatic rings. The average molecular weight is 701 g/mol. The standard InChI is InChI=1S/C46H92N4/c1-5-9-11-13-15-17-19-21-23-25-27-29-31-35-45(7-3)47-37-33-39-49-41-43-50(44-42-49)40-34-38-48-46(8-4)36-32-30-28-26-24-22-20-18-16-14-12-10-6-2/h21-24,45-48H,5-20,25-44H2,1-4H3. The van der Waals surface area contributed by atoms with Crippen molar-refractivity contribution in [3.05, 3.63) is 24.3 Å². The van der Waals surface area contributed by atoms with Crippen molar-refractivity contribution < 1.29 is 0 Å². The molecule has 0 aliphatic carbocycles. The smallest absolute Gasteiger partial charge is 0.0110 e. The molecule has 0 amide bonds. The van der Waals surface area contributed by atoms with Gasteiger partial charge in [0.15, 0.2) is 0 Å². The fourth-order valence-corrected chi connectivity index (χ4v) is 7.57. The maximum absolute atomic E-state index is 3.88. The first-order valence-electron chi connectivity index (χ1n) is 22.9. The molecule has 1 heterocycles. The van der Waals surface area contributed by atoms with Gasteiger partial charge in [0.2, 0.25) is 0 Å². The third-order valence-electron chi connectivity index (χ3n) is 11.2. The van der Waals surface area contributed by atoms with Crippen LogP contribution >= 0.6 is 0 Å². The van der Waals surface area contributed by atoms with Crippen LogP contribution in [0.15, 0.2) is 24.3 Å². The minimum absolute atomic E-state index is 0.711. The lowest BCUT2D eigenvalue weighted by atomic mass is 10.0. The number of hydrogen-bond acceptors (Lipinski definition) is 4. The lowest BCUT2D eigenvalue weighted by molar-refractivity contribution is 0.129. The summed E-state index contributed by atoms with van der Waals surface area (Å²) in [6, 6.07) is 1.42. The summed E-state index contributed by atoms with van der Waals surface area (Å²) in [7, 11) is 0. The van der Waals surface area contributed by atoms with Crippen LogP contribution in [0.2, 0.25) is 0 Å². The monoisotopic (exact) mass is 701 g/mol.